The molecule has 0 bridgehead atoms. The van der Waals surface area contributed by atoms with E-state index in [4.69, 9.17) is 5.73 Å². The quantitative estimate of drug-likeness (QED) is 0.777. The summed E-state index contributed by atoms with van der Waals surface area (Å²) in [6.45, 7) is 2.65. The number of rotatable bonds is 1. The van der Waals surface area contributed by atoms with E-state index < -0.39 is 0 Å². The van der Waals surface area contributed by atoms with Crippen LogP contribution in [0.1, 0.15) is 6.92 Å². The Morgan fingerprint density at radius 3 is 2.00 bits per heavy atom. The second-order valence-corrected chi connectivity index (χ2v) is 3.25. The standard InChI is InChI=1S/C12H9F.C2H7N/c13-12-9-5-4-8-11(12)10-6-2-1-3-7-10;1-2-3/h1-9H;2-3H2,1H3. The van der Waals surface area contributed by atoms with E-state index in [0.717, 1.165) is 12.1 Å². The van der Waals surface area contributed by atoms with Gasteiger partial charge in [-0.3, -0.25) is 0 Å². The minimum atomic E-state index is -0.172. The molecule has 0 aromatic heterocycles. The molecule has 0 spiro atoms. The summed E-state index contributed by atoms with van der Waals surface area (Å²) in [5.74, 6) is -0.172. The molecule has 0 radical (unpaired) electrons. The van der Waals surface area contributed by atoms with Crippen molar-refractivity contribution in [3.63, 3.8) is 0 Å². The third kappa shape index (κ3) is 3.48. The maximum Gasteiger partial charge on any atom is 0.131 e. The fourth-order valence-electron chi connectivity index (χ4n) is 1.31. The van der Waals surface area contributed by atoms with Crippen molar-refractivity contribution < 1.29 is 4.39 Å². The Balaban J connectivity index is 0.000000386. The SMILES string of the molecule is CCN.Fc1ccccc1-c1ccccc1. The van der Waals surface area contributed by atoms with Crippen molar-refractivity contribution in [3.05, 3.63) is 60.4 Å². The van der Waals surface area contributed by atoms with Crippen LogP contribution >= 0.6 is 0 Å². The third-order valence-corrected chi connectivity index (χ3v) is 1.96. The summed E-state index contributed by atoms with van der Waals surface area (Å²) >= 11 is 0. The second-order valence-electron chi connectivity index (χ2n) is 3.25. The average molecular weight is 217 g/mol. The van der Waals surface area contributed by atoms with Crippen molar-refractivity contribution in [1.29, 1.82) is 0 Å². The molecule has 84 valence electrons. The molecule has 1 nitrogen and oxygen atoms in total. The highest BCUT2D eigenvalue weighted by Crippen LogP contribution is 2.21. The smallest absolute Gasteiger partial charge is 0.131 e. The molecule has 0 aliphatic carbocycles. The van der Waals surface area contributed by atoms with Gasteiger partial charge in [-0.1, -0.05) is 55.5 Å². The van der Waals surface area contributed by atoms with E-state index in [1.165, 1.54) is 6.07 Å². The van der Waals surface area contributed by atoms with Crippen molar-refractivity contribution in [3.8, 4) is 11.1 Å². The fourth-order valence-corrected chi connectivity index (χ4v) is 1.31. The Kier molecular flexibility index (Phi) is 5.23. The lowest BCUT2D eigenvalue weighted by Crippen LogP contribution is -1.87. The Labute approximate surface area is 95.7 Å². The fraction of sp³-hybridized carbons (Fsp3) is 0.143. The molecule has 2 aromatic rings. The molecule has 0 atom stereocenters. The Morgan fingerprint density at radius 2 is 1.44 bits per heavy atom. The molecule has 2 heteroatoms. The molecule has 0 saturated carbocycles. The number of hydrogen-bond donors (Lipinski definition) is 1. The van der Waals surface area contributed by atoms with Crippen LogP contribution in [0.25, 0.3) is 11.1 Å². The first kappa shape index (κ1) is 12.4. The van der Waals surface area contributed by atoms with Gasteiger partial charge in [0.1, 0.15) is 5.82 Å². The summed E-state index contributed by atoms with van der Waals surface area (Å²) in [6.07, 6.45) is 0. The summed E-state index contributed by atoms with van der Waals surface area (Å²) in [5.41, 5.74) is 6.42. The first-order valence-corrected chi connectivity index (χ1v) is 5.29. The zero-order valence-electron chi connectivity index (χ0n) is 9.36. The molecule has 0 aliphatic heterocycles. The van der Waals surface area contributed by atoms with Gasteiger partial charge in [-0.2, -0.15) is 0 Å². The van der Waals surface area contributed by atoms with Gasteiger partial charge >= 0.3 is 0 Å². The highest BCUT2D eigenvalue weighted by atomic mass is 19.1. The van der Waals surface area contributed by atoms with Crippen LogP contribution in [-0.4, -0.2) is 6.54 Å². The molecule has 0 unspecified atom stereocenters. The Morgan fingerprint density at radius 1 is 0.938 bits per heavy atom. The lowest BCUT2D eigenvalue weighted by Gasteiger charge is -2.01. The van der Waals surface area contributed by atoms with Gasteiger partial charge in [-0.05, 0) is 18.2 Å². The summed E-state index contributed by atoms with van der Waals surface area (Å²) in [7, 11) is 0. The van der Waals surface area contributed by atoms with E-state index in [1.807, 2.05) is 43.3 Å². The molecule has 0 amide bonds. The molecule has 16 heavy (non-hydrogen) atoms. The number of nitrogens with two attached hydrogens (primary N) is 1. The Bertz CT molecular complexity index is 412. The van der Waals surface area contributed by atoms with Gasteiger partial charge in [0, 0.05) is 5.56 Å². The largest absolute Gasteiger partial charge is 0.331 e. The zero-order chi connectivity index (χ0) is 11.8. The first-order chi connectivity index (χ1) is 7.79. The minimum absolute atomic E-state index is 0.172. The molecule has 0 saturated heterocycles. The summed E-state index contributed by atoms with van der Waals surface area (Å²) in [5, 5.41) is 0. The highest BCUT2D eigenvalue weighted by molar-refractivity contribution is 5.63. The van der Waals surface area contributed by atoms with Gasteiger partial charge in [0.25, 0.3) is 0 Å². The van der Waals surface area contributed by atoms with Crippen LogP contribution in [0.3, 0.4) is 0 Å². The molecule has 2 aromatic carbocycles. The zero-order valence-corrected chi connectivity index (χ0v) is 9.36. The van der Waals surface area contributed by atoms with Crippen molar-refractivity contribution in [2.24, 2.45) is 5.73 Å². The lowest BCUT2D eigenvalue weighted by atomic mass is 10.1. The number of halogens is 1. The van der Waals surface area contributed by atoms with Gasteiger partial charge in [0.15, 0.2) is 0 Å². The van der Waals surface area contributed by atoms with Crippen molar-refractivity contribution in [2.45, 2.75) is 6.92 Å². The van der Waals surface area contributed by atoms with E-state index in [-0.39, 0.29) is 5.82 Å². The van der Waals surface area contributed by atoms with Gasteiger partial charge in [-0.25, -0.2) is 4.39 Å². The van der Waals surface area contributed by atoms with E-state index in [9.17, 15) is 4.39 Å². The average Bonchev–Trinajstić information content (AvgIpc) is 2.32. The van der Waals surface area contributed by atoms with Gasteiger partial charge in [0.05, 0.1) is 0 Å². The second kappa shape index (κ2) is 6.75. The van der Waals surface area contributed by atoms with E-state index in [0.29, 0.717) is 5.56 Å². The maximum absolute atomic E-state index is 13.3. The lowest BCUT2D eigenvalue weighted by molar-refractivity contribution is 0.631. The highest BCUT2D eigenvalue weighted by Gasteiger charge is 2.01. The monoisotopic (exact) mass is 217 g/mol. The molecule has 0 heterocycles. The van der Waals surface area contributed by atoms with Crippen LogP contribution in [0.2, 0.25) is 0 Å². The van der Waals surface area contributed by atoms with E-state index in [1.54, 1.807) is 12.1 Å². The van der Waals surface area contributed by atoms with Gasteiger partial charge in [0.2, 0.25) is 0 Å². The molecular weight excluding hydrogens is 201 g/mol. The van der Waals surface area contributed by atoms with Crippen molar-refractivity contribution in [1.82, 2.24) is 0 Å². The van der Waals surface area contributed by atoms with Crippen LogP contribution in [0.4, 0.5) is 4.39 Å². The molecule has 0 aliphatic rings. The summed E-state index contributed by atoms with van der Waals surface area (Å²) in [4.78, 5) is 0. The van der Waals surface area contributed by atoms with Gasteiger partial charge < -0.3 is 5.73 Å². The number of benzene rings is 2. The van der Waals surface area contributed by atoms with Crippen molar-refractivity contribution >= 4 is 0 Å². The first-order valence-electron chi connectivity index (χ1n) is 5.29. The van der Waals surface area contributed by atoms with Crippen LogP contribution in [0, 0.1) is 5.82 Å². The predicted octanol–water partition coefficient (Wildman–Crippen LogP) is 3.46. The third-order valence-electron chi connectivity index (χ3n) is 1.96. The molecule has 2 N–H and O–H groups in total. The van der Waals surface area contributed by atoms with Crippen LogP contribution in [0.15, 0.2) is 54.6 Å². The molecular formula is C14H16FN. The van der Waals surface area contributed by atoms with E-state index >= 15 is 0 Å². The topological polar surface area (TPSA) is 26.0 Å². The van der Waals surface area contributed by atoms with E-state index in [2.05, 4.69) is 0 Å². The van der Waals surface area contributed by atoms with Crippen LogP contribution in [0.5, 0.6) is 0 Å². The van der Waals surface area contributed by atoms with Crippen LogP contribution in [-0.2, 0) is 0 Å². The molecule has 2 rings (SSSR count). The van der Waals surface area contributed by atoms with Gasteiger partial charge in [-0.15, -0.1) is 0 Å². The minimum Gasteiger partial charge on any atom is -0.331 e. The maximum atomic E-state index is 13.3. The van der Waals surface area contributed by atoms with Crippen LogP contribution < -0.4 is 5.73 Å². The normalized spacial score (nSPS) is 9.19. The predicted molar refractivity (Wildman–Crippen MR) is 66.6 cm³/mol. The summed E-state index contributed by atoms with van der Waals surface area (Å²) < 4.78 is 13.3. The molecule has 0 fully saturated rings. The number of hydrogen-bond acceptors (Lipinski definition) is 1. The Hall–Kier alpha value is -1.67. The van der Waals surface area contributed by atoms with Crippen molar-refractivity contribution in [2.75, 3.05) is 6.54 Å². The summed E-state index contributed by atoms with van der Waals surface area (Å²) in [6, 6.07) is 16.3.